The molecule has 128 valence electrons. The lowest BCUT2D eigenvalue weighted by atomic mass is 10.1. The van der Waals surface area contributed by atoms with Gasteiger partial charge in [0.05, 0.1) is 24.5 Å². The first-order valence-electron chi connectivity index (χ1n) is 7.20. The normalized spacial score (nSPS) is 17.9. The van der Waals surface area contributed by atoms with E-state index in [0.717, 1.165) is 18.9 Å². The lowest BCUT2D eigenvalue weighted by Crippen LogP contribution is -2.37. The van der Waals surface area contributed by atoms with Crippen LogP contribution in [0.15, 0.2) is 18.2 Å². The van der Waals surface area contributed by atoms with E-state index in [0.29, 0.717) is 13.2 Å². The van der Waals surface area contributed by atoms with Crippen molar-refractivity contribution in [3.63, 3.8) is 0 Å². The molecule has 2 amide bonds. The lowest BCUT2D eigenvalue weighted by molar-refractivity contribution is -0.137. The van der Waals surface area contributed by atoms with Crippen molar-refractivity contribution in [2.75, 3.05) is 32.6 Å². The van der Waals surface area contributed by atoms with Crippen LogP contribution in [0.5, 0.6) is 5.75 Å². The zero-order valence-electron chi connectivity index (χ0n) is 12.9. The summed E-state index contributed by atoms with van der Waals surface area (Å²) in [7, 11) is 2.80. The van der Waals surface area contributed by atoms with Crippen LogP contribution in [0.2, 0.25) is 0 Å². The molecule has 1 atom stereocenters. The molecule has 0 aromatic heterocycles. The molecule has 1 fully saturated rings. The molecule has 23 heavy (non-hydrogen) atoms. The summed E-state index contributed by atoms with van der Waals surface area (Å²) >= 11 is 0. The number of carbonyl (C=O) groups is 1. The van der Waals surface area contributed by atoms with Gasteiger partial charge >= 0.3 is 12.2 Å². The lowest BCUT2D eigenvalue weighted by Gasteiger charge is -2.22. The fourth-order valence-corrected chi connectivity index (χ4v) is 2.38. The van der Waals surface area contributed by atoms with Crippen molar-refractivity contribution in [3.05, 3.63) is 23.8 Å². The Morgan fingerprint density at radius 1 is 1.48 bits per heavy atom. The topological polar surface area (TPSA) is 50.8 Å². The van der Waals surface area contributed by atoms with E-state index < -0.39 is 17.8 Å². The first kappa shape index (κ1) is 17.4. The number of rotatable bonds is 4. The zero-order chi connectivity index (χ0) is 17.0. The second-order valence-corrected chi connectivity index (χ2v) is 5.35. The molecular formula is C15H19F3N2O3. The van der Waals surface area contributed by atoms with Crippen LogP contribution < -0.4 is 10.1 Å². The van der Waals surface area contributed by atoms with Gasteiger partial charge in [0.15, 0.2) is 0 Å². The molecule has 0 aliphatic carbocycles. The van der Waals surface area contributed by atoms with E-state index in [-0.39, 0.29) is 17.5 Å². The third-order valence-electron chi connectivity index (χ3n) is 3.62. The number of hydrogen-bond donors (Lipinski definition) is 1. The number of nitrogens with one attached hydrogen (secondary N) is 1. The van der Waals surface area contributed by atoms with Crippen molar-refractivity contribution in [2.45, 2.75) is 25.1 Å². The minimum Gasteiger partial charge on any atom is -0.497 e. The van der Waals surface area contributed by atoms with Crippen molar-refractivity contribution < 1.29 is 27.4 Å². The fourth-order valence-electron chi connectivity index (χ4n) is 2.38. The Hall–Kier alpha value is -1.96. The van der Waals surface area contributed by atoms with Gasteiger partial charge in [0.2, 0.25) is 0 Å². The maximum absolute atomic E-state index is 13.1. The van der Waals surface area contributed by atoms with E-state index in [1.807, 2.05) is 0 Å². The van der Waals surface area contributed by atoms with Crippen LogP contribution in [0.4, 0.5) is 23.7 Å². The van der Waals surface area contributed by atoms with Crippen LogP contribution in [0.25, 0.3) is 0 Å². The fraction of sp³-hybridized carbons (Fsp3) is 0.533. The predicted octanol–water partition coefficient (Wildman–Crippen LogP) is 3.36. The van der Waals surface area contributed by atoms with Gasteiger partial charge in [-0.1, -0.05) is 0 Å². The van der Waals surface area contributed by atoms with Gasteiger partial charge < -0.3 is 19.7 Å². The number of ether oxygens (including phenoxy) is 2. The van der Waals surface area contributed by atoms with Crippen LogP contribution >= 0.6 is 0 Å². The number of anilines is 1. The molecule has 1 aliphatic rings. The average Bonchev–Trinajstić information content (AvgIpc) is 2.99. The average molecular weight is 332 g/mol. The highest BCUT2D eigenvalue weighted by Gasteiger charge is 2.35. The van der Waals surface area contributed by atoms with Gasteiger partial charge in [-0.15, -0.1) is 0 Å². The second-order valence-electron chi connectivity index (χ2n) is 5.35. The summed E-state index contributed by atoms with van der Waals surface area (Å²) in [6.07, 6.45) is -2.89. The largest absolute Gasteiger partial charge is 0.497 e. The highest BCUT2D eigenvalue weighted by Crippen LogP contribution is 2.37. The van der Waals surface area contributed by atoms with Crippen molar-refractivity contribution >= 4 is 11.7 Å². The number of methoxy groups -OCH3 is 1. The Bertz CT molecular complexity index is 557. The van der Waals surface area contributed by atoms with E-state index in [2.05, 4.69) is 5.32 Å². The number of urea groups is 1. The number of benzene rings is 1. The summed E-state index contributed by atoms with van der Waals surface area (Å²) < 4.78 is 49.5. The Kier molecular flexibility index (Phi) is 5.35. The van der Waals surface area contributed by atoms with Gasteiger partial charge in [-0.3, -0.25) is 0 Å². The van der Waals surface area contributed by atoms with Crippen LogP contribution in [-0.2, 0) is 10.9 Å². The van der Waals surface area contributed by atoms with Crippen LogP contribution in [-0.4, -0.2) is 44.3 Å². The molecule has 1 aromatic rings. The molecule has 1 heterocycles. The molecule has 8 heteroatoms. The van der Waals surface area contributed by atoms with Gasteiger partial charge in [0.1, 0.15) is 5.75 Å². The zero-order valence-corrected chi connectivity index (χ0v) is 12.9. The van der Waals surface area contributed by atoms with Crippen molar-refractivity contribution in [3.8, 4) is 5.75 Å². The summed E-state index contributed by atoms with van der Waals surface area (Å²) in [5.41, 5.74) is -1.25. The molecular weight excluding hydrogens is 313 g/mol. The molecule has 1 aromatic carbocycles. The first-order valence-corrected chi connectivity index (χ1v) is 7.20. The number of carbonyl (C=O) groups excluding carboxylic acids is 1. The van der Waals surface area contributed by atoms with Gasteiger partial charge in [0.25, 0.3) is 0 Å². The molecule has 5 nitrogen and oxygen atoms in total. The van der Waals surface area contributed by atoms with Gasteiger partial charge in [-0.25, -0.2) is 4.79 Å². The Balaban J connectivity index is 2.10. The maximum Gasteiger partial charge on any atom is 0.418 e. The Labute approximate surface area is 132 Å². The van der Waals surface area contributed by atoms with E-state index in [9.17, 15) is 18.0 Å². The van der Waals surface area contributed by atoms with Crippen LogP contribution in [0.1, 0.15) is 18.4 Å². The van der Waals surface area contributed by atoms with Gasteiger partial charge in [-0.05, 0) is 31.0 Å². The quantitative estimate of drug-likeness (QED) is 0.920. The van der Waals surface area contributed by atoms with E-state index in [1.165, 1.54) is 31.2 Å². The molecule has 0 saturated carbocycles. The highest BCUT2D eigenvalue weighted by atomic mass is 19.4. The third kappa shape index (κ3) is 4.51. The number of likely N-dealkylation sites (N-methyl/N-ethyl adjacent to an activating group) is 1. The maximum atomic E-state index is 13.1. The highest BCUT2D eigenvalue weighted by molar-refractivity contribution is 5.90. The van der Waals surface area contributed by atoms with Crippen molar-refractivity contribution in [1.29, 1.82) is 0 Å². The smallest absolute Gasteiger partial charge is 0.418 e. The first-order chi connectivity index (χ1) is 10.8. The minimum atomic E-state index is -4.59. The number of halogens is 3. The molecule has 1 aliphatic heterocycles. The standard InChI is InChI=1S/C15H19F3N2O3/c1-20(9-11-4-3-7-23-11)14(21)19-13-6-5-10(22-2)8-12(13)15(16,17)18/h5-6,8,11H,3-4,7,9H2,1-2H3,(H,19,21)/t11-/m0/s1. The summed E-state index contributed by atoms with van der Waals surface area (Å²) in [6.45, 7) is 0.986. The van der Waals surface area contributed by atoms with Crippen molar-refractivity contribution in [2.24, 2.45) is 0 Å². The predicted molar refractivity (Wildman–Crippen MR) is 78.6 cm³/mol. The summed E-state index contributed by atoms with van der Waals surface area (Å²) in [5.74, 6) is 0.0723. The van der Waals surface area contributed by atoms with E-state index in [1.54, 1.807) is 0 Å². The minimum absolute atomic E-state index is 0.0660. The molecule has 1 N–H and O–H groups in total. The van der Waals surface area contributed by atoms with Crippen LogP contribution in [0, 0.1) is 0 Å². The third-order valence-corrected chi connectivity index (χ3v) is 3.62. The molecule has 1 saturated heterocycles. The van der Waals surface area contributed by atoms with Gasteiger partial charge in [0, 0.05) is 20.2 Å². The Morgan fingerprint density at radius 2 is 2.22 bits per heavy atom. The van der Waals surface area contributed by atoms with Crippen molar-refractivity contribution in [1.82, 2.24) is 4.90 Å². The number of hydrogen-bond acceptors (Lipinski definition) is 3. The molecule has 0 spiro atoms. The number of alkyl halides is 3. The SMILES string of the molecule is COc1ccc(NC(=O)N(C)C[C@@H]2CCCO2)c(C(F)(F)F)c1. The molecule has 2 rings (SSSR count). The molecule has 0 bridgehead atoms. The number of nitrogens with zero attached hydrogens (tertiary/aromatic N) is 1. The second kappa shape index (κ2) is 7.08. The van der Waals surface area contributed by atoms with Gasteiger partial charge in [-0.2, -0.15) is 13.2 Å². The van der Waals surface area contributed by atoms with E-state index >= 15 is 0 Å². The molecule has 0 unspecified atom stereocenters. The summed E-state index contributed by atoms with van der Waals surface area (Å²) in [5, 5.41) is 2.30. The molecule has 0 radical (unpaired) electrons. The number of amides is 2. The van der Waals surface area contributed by atoms with Crippen LogP contribution in [0.3, 0.4) is 0 Å². The monoisotopic (exact) mass is 332 g/mol. The van der Waals surface area contributed by atoms with E-state index in [4.69, 9.17) is 9.47 Å². The summed E-state index contributed by atoms with van der Waals surface area (Å²) in [6, 6.07) is 2.79. The Morgan fingerprint density at radius 3 is 2.78 bits per heavy atom. The summed E-state index contributed by atoms with van der Waals surface area (Å²) in [4.78, 5) is 13.4.